The Balaban J connectivity index is 2.14. The summed E-state index contributed by atoms with van der Waals surface area (Å²) in [7, 11) is 0. The van der Waals surface area contributed by atoms with Crippen LogP contribution in [-0.4, -0.2) is 17.8 Å². The van der Waals surface area contributed by atoms with Crippen LogP contribution < -0.4 is 10.1 Å². The highest BCUT2D eigenvalue weighted by atomic mass is 79.9. The summed E-state index contributed by atoms with van der Waals surface area (Å²) in [6.07, 6.45) is 0. The van der Waals surface area contributed by atoms with E-state index in [2.05, 4.69) is 21.2 Å². The second-order valence-corrected chi connectivity index (χ2v) is 5.15. The van der Waals surface area contributed by atoms with Crippen LogP contribution in [0, 0.1) is 6.92 Å². The van der Waals surface area contributed by atoms with Crippen molar-refractivity contribution in [3.05, 3.63) is 59.7 Å². The summed E-state index contributed by atoms with van der Waals surface area (Å²) >= 11 is 3.30. The van der Waals surface area contributed by atoms with Crippen LogP contribution in [0.15, 0.2) is 48.5 Å². The molecule has 0 unspecified atom stereocenters. The largest absolute Gasteiger partial charge is 0.492 e. The number of carbonyl (C=O) groups excluding carboxylic acids is 1. The van der Waals surface area contributed by atoms with E-state index in [4.69, 9.17) is 4.74 Å². The maximum absolute atomic E-state index is 12.3. The average molecular weight is 334 g/mol. The van der Waals surface area contributed by atoms with E-state index >= 15 is 0 Å². The Hall–Kier alpha value is -1.81. The number of nitrogens with one attached hydrogen (secondary N) is 1. The van der Waals surface area contributed by atoms with Crippen molar-refractivity contribution >= 4 is 27.5 Å². The van der Waals surface area contributed by atoms with Crippen LogP contribution in [0.3, 0.4) is 0 Å². The van der Waals surface area contributed by atoms with E-state index in [9.17, 15) is 4.79 Å². The van der Waals surface area contributed by atoms with Gasteiger partial charge in [-0.15, -0.1) is 0 Å². The van der Waals surface area contributed by atoms with Gasteiger partial charge in [0.1, 0.15) is 5.75 Å². The van der Waals surface area contributed by atoms with Gasteiger partial charge in [0.05, 0.1) is 12.2 Å². The molecule has 0 aliphatic carbocycles. The molecule has 20 heavy (non-hydrogen) atoms. The van der Waals surface area contributed by atoms with Crippen molar-refractivity contribution in [3.63, 3.8) is 0 Å². The van der Waals surface area contributed by atoms with Gasteiger partial charge in [0.15, 0.2) is 0 Å². The molecule has 0 saturated heterocycles. The highest BCUT2D eigenvalue weighted by molar-refractivity contribution is 9.09. The van der Waals surface area contributed by atoms with E-state index < -0.39 is 0 Å². The van der Waals surface area contributed by atoms with E-state index in [1.807, 2.05) is 43.3 Å². The second-order valence-electron chi connectivity index (χ2n) is 4.35. The molecule has 0 atom stereocenters. The van der Waals surface area contributed by atoms with Crippen molar-refractivity contribution in [2.24, 2.45) is 0 Å². The molecular formula is C16H16BrNO2. The Morgan fingerprint density at radius 2 is 1.85 bits per heavy atom. The first kappa shape index (κ1) is 14.6. The Labute approximate surface area is 127 Å². The molecule has 2 rings (SSSR count). The number of anilines is 1. The Morgan fingerprint density at radius 3 is 2.55 bits per heavy atom. The Kier molecular flexibility index (Phi) is 5.18. The smallest absolute Gasteiger partial charge is 0.259 e. The van der Waals surface area contributed by atoms with E-state index in [0.29, 0.717) is 17.9 Å². The van der Waals surface area contributed by atoms with Gasteiger partial charge in [0.2, 0.25) is 0 Å². The minimum absolute atomic E-state index is 0.168. The SMILES string of the molecule is Cc1ccc(NC(=O)c2ccccc2OCCBr)cc1. The third-order valence-corrected chi connectivity index (χ3v) is 3.10. The number of ether oxygens (including phenoxy) is 1. The monoisotopic (exact) mass is 333 g/mol. The predicted octanol–water partition coefficient (Wildman–Crippen LogP) is 4.02. The van der Waals surface area contributed by atoms with Gasteiger partial charge in [-0.3, -0.25) is 4.79 Å². The normalized spacial score (nSPS) is 10.1. The quantitative estimate of drug-likeness (QED) is 0.839. The number of aryl methyl sites for hydroxylation is 1. The van der Waals surface area contributed by atoms with Crippen LogP contribution in [0.1, 0.15) is 15.9 Å². The predicted molar refractivity (Wildman–Crippen MR) is 84.9 cm³/mol. The van der Waals surface area contributed by atoms with Crippen molar-refractivity contribution in [2.75, 3.05) is 17.3 Å². The van der Waals surface area contributed by atoms with Crippen LogP contribution in [0.4, 0.5) is 5.69 Å². The van der Waals surface area contributed by atoms with Crippen LogP contribution >= 0.6 is 15.9 Å². The molecule has 0 bridgehead atoms. The van der Waals surface area contributed by atoms with Gasteiger partial charge in [-0.25, -0.2) is 0 Å². The zero-order valence-corrected chi connectivity index (χ0v) is 12.8. The lowest BCUT2D eigenvalue weighted by Gasteiger charge is -2.11. The molecular weight excluding hydrogens is 318 g/mol. The Morgan fingerprint density at radius 1 is 1.15 bits per heavy atom. The second kappa shape index (κ2) is 7.10. The standard InChI is InChI=1S/C16H16BrNO2/c1-12-6-8-13(9-7-12)18-16(19)14-4-2-3-5-15(14)20-11-10-17/h2-9H,10-11H2,1H3,(H,18,19). The highest BCUT2D eigenvalue weighted by Gasteiger charge is 2.12. The average Bonchev–Trinajstić information content (AvgIpc) is 2.47. The fourth-order valence-electron chi connectivity index (χ4n) is 1.76. The molecule has 2 aromatic carbocycles. The number of amides is 1. The molecule has 0 aliphatic rings. The van der Waals surface area contributed by atoms with Crippen molar-refractivity contribution in [1.82, 2.24) is 0 Å². The topological polar surface area (TPSA) is 38.3 Å². The first-order valence-electron chi connectivity index (χ1n) is 6.36. The highest BCUT2D eigenvalue weighted by Crippen LogP contribution is 2.20. The molecule has 0 aliphatic heterocycles. The van der Waals surface area contributed by atoms with Gasteiger partial charge < -0.3 is 10.1 Å². The van der Waals surface area contributed by atoms with E-state index in [1.54, 1.807) is 12.1 Å². The number of hydrogen-bond donors (Lipinski definition) is 1. The molecule has 0 radical (unpaired) electrons. The minimum atomic E-state index is -0.168. The van der Waals surface area contributed by atoms with Crippen LogP contribution in [0.25, 0.3) is 0 Å². The van der Waals surface area contributed by atoms with Gasteiger partial charge in [-0.05, 0) is 31.2 Å². The Bertz CT molecular complexity index is 581. The van der Waals surface area contributed by atoms with Gasteiger partial charge in [0.25, 0.3) is 5.91 Å². The zero-order valence-electron chi connectivity index (χ0n) is 11.2. The molecule has 0 spiro atoms. The summed E-state index contributed by atoms with van der Waals surface area (Å²) in [5, 5.41) is 3.59. The third-order valence-electron chi connectivity index (χ3n) is 2.78. The van der Waals surface area contributed by atoms with Crippen LogP contribution in [0.2, 0.25) is 0 Å². The third kappa shape index (κ3) is 3.84. The molecule has 1 N–H and O–H groups in total. The maximum atomic E-state index is 12.3. The fraction of sp³-hybridized carbons (Fsp3) is 0.188. The van der Waals surface area contributed by atoms with E-state index in [-0.39, 0.29) is 5.91 Å². The molecule has 2 aromatic rings. The summed E-state index contributed by atoms with van der Waals surface area (Å²) < 4.78 is 5.56. The molecule has 104 valence electrons. The van der Waals surface area contributed by atoms with Crippen molar-refractivity contribution < 1.29 is 9.53 Å². The molecule has 0 heterocycles. The lowest BCUT2D eigenvalue weighted by atomic mass is 10.1. The van der Waals surface area contributed by atoms with Gasteiger partial charge in [0, 0.05) is 11.0 Å². The maximum Gasteiger partial charge on any atom is 0.259 e. The van der Waals surface area contributed by atoms with Crippen LogP contribution in [-0.2, 0) is 0 Å². The molecule has 4 heteroatoms. The summed E-state index contributed by atoms with van der Waals surface area (Å²) in [5.74, 6) is 0.426. The van der Waals surface area contributed by atoms with Gasteiger partial charge in [-0.1, -0.05) is 45.8 Å². The first-order chi connectivity index (χ1) is 9.70. The molecule has 0 aromatic heterocycles. The minimum Gasteiger partial charge on any atom is -0.492 e. The van der Waals surface area contributed by atoms with E-state index in [1.165, 1.54) is 0 Å². The summed E-state index contributed by atoms with van der Waals surface area (Å²) in [5.41, 5.74) is 2.47. The van der Waals surface area contributed by atoms with Crippen LogP contribution in [0.5, 0.6) is 5.75 Å². The lowest BCUT2D eigenvalue weighted by Crippen LogP contribution is -2.14. The number of benzene rings is 2. The zero-order chi connectivity index (χ0) is 14.4. The summed E-state index contributed by atoms with van der Waals surface area (Å²) in [6.45, 7) is 2.53. The van der Waals surface area contributed by atoms with Gasteiger partial charge in [-0.2, -0.15) is 0 Å². The molecule has 0 saturated carbocycles. The van der Waals surface area contributed by atoms with E-state index in [0.717, 1.165) is 16.6 Å². The van der Waals surface area contributed by atoms with Gasteiger partial charge >= 0.3 is 0 Å². The lowest BCUT2D eigenvalue weighted by molar-refractivity contribution is 0.102. The number of alkyl halides is 1. The number of halogens is 1. The number of rotatable bonds is 5. The molecule has 3 nitrogen and oxygen atoms in total. The summed E-state index contributed by atoms with van der Waals surface area (Å²) in [6, 6.07) is 14.9. The van der Waals surface area contributed by atoms with Crippen molar-refractivity contribution in [1.29, 1.82) is 0 Å². The van der Waals surface area contributed by atoms with Crippen molar-refractivity contribution in [2.45, 2.75) is 6.92 Å². The fourth-order valence-corrected chi connectivity index (χ4v) is 1.93. The summed E-state index contributed by atoms with van der Waals surface area (Å²) in [4.78, 5) is 12.3. The number of carbonyl (C=O) groups is 1. The molecule has 1 amide bonds. The number of para-hydroxylation sites is 1. The van der Waals surface area contributed by atoms with Crippen molar-refractivity contribution in [3.8, 4) is 5.75 Å². The first-order valence-corrected chi connectivity index (χ1v) is 7.48. The molecule has 0 fully saturated rings. The number of hydrogen-bond acceptors (Lipinski definition) is 2.